The van der Waals surface area contributed by atoms with Gasteiger partial charge in [-0.05, 0) is 24.5 Å². The Labute approximate surface area is 112 Å². The van der Waals surface area contributed by atoms with Crippen LogP contribution in [0.3, 0.4) is 0 Å². The van der Waals surface area contributed by atoms with Gasteiger partial charge in [0.1, 0.15) is 5.82 Å². The van der Waals surface area contributed by atoms with Gasteiger partial charge in [-0.3, -0.25) is 4.79 Å². The molecule has 1 heterocycles. The third kappa shape index (κ3) is 3.22. The quantitative estimate of drug-likeness (QED) is 0.866. The van der Waals surface area contributed by atoms with Crippen molar-refractivity contribution in [1.82, 2.24) is 9.97 Å². The summed E-state index contributed by atoms with van der Waals surface area (Å²) < 4.78 is 0. The Bertz CT molecular complexity index is 558. The van der Waals surface area contributed by atoms with Crippen molar-refractivity contribution in [2.45, 2.75) is 32.6 Å². The number of carbonyl (C=O) groups is 1. The smallest absolute Gasteiger partial charge is 0.304 e. The molecule has 1 aromatic carbocycles. The van der Waals surface area contributed by atoms with Crippen molar-refractivity contribution in [3.63, 3.8) is 0 Å². The normalized spacial score (nSPS) is 12.3. The summed E-state index contributed by atoms with van der Waals surface area (Å²) in [5.74, 6) is -0.183. The first kappa shape index (κ1) is 13.3. The van der Waals surface area contributed by atoms with Crippen molar-refractivity contribution in [1.29, 1.82) is 0 Å². The van der Waals surface area contributed by atoms with Gasteiger partial charge in [0.2, 0.25) is 0 Å². The maximum Gasteiger partial charge on any atom is 0.304 e. The molecule has 1 unspecified atom stereocenters. The summed E-state index contributed by atoms with van der Waals surface area (Å²) in [5, 5.41) is 9.08. The van der Waals surface area contributed by atoms with Gasteiger partial charge in [-0.15, -0.1) is 0 Å². The number of nitrogens with one attached hydrogen (secondary N) is 1. The first-order valence-electron chi connectivity index (χ1n) is 6.42. The zero-order valence-electron chi connectivity index (χ0n) is 11.2. The van der Waals surface area contributed by atoms with E-state index >= 15 is 0 Å². The molecule has 2 aromatic rings. The van der Waals surface area contributed by atoms with E-state index in [-0.39, 0.29) is 12.3 Å². The number of nitrogens with zero attached hydrogens (tertiary/aromatic N) is 1. The molecule has 0 amide bonds. The third-order valence-corrected chi connectivity index (χ3v) is 3.27. The van der Waals surface area contributed by atoms with Crippen LogP contribution < -0.4 is 0 Å². The van der Waals surface area contributed by atoms with E-state index in [1.54, 1.807) is 6.20 Å². The SMILES string of the molecule is CCc1ccc(C(CC(=O)O)c2cnc(C)[nH]2)cc1. The summed E-state index contributed by atoms with van der Waals surface area (Å²) in [6, 6.07) is 8.10. The zero-order valence-corrected chi connectivity index (χ0v) is 11.2. The van der Waals surface area contributed by atoms with E-state index in [9.17, 15) is 4.79 Å². The van der Waals surface area contributed by atoms with Gasteiger partial charge in [0, 0.05) is 17.8 Å². The van der Waals surface area contributed by atoms with Gasteiger partial charge >= 0.3 is 5.97 Å². The molecule has 100 valence electrons. The summed E-state index contributed by atoms with van der Waals surface area (Å²) in [4.78, 5) is 18.3. The van der Waals surface area contributed by atoms with E-state index in [0.29, 0.717) is 0 Å². The molecular weight excluding hydrogens is 240 g/mol. The molecular formula is C15H18N2O2. The minimum Gasteiger partial charge on any atom is -0.481 e. The number of imidazole rings is 1. The number of rotatable bonds is 5. The van der Waals surface area contributed by atoms with Crippen molar-refractivity contribution in [3.8, 4) is 0 Å². The number of aromatic amines is 1. The molecule has 0 aliphatic heterocycles. The van der Waals surface area contributed by atoms with Crippen molar-refractivity contribution in [3.05, 3.63) is 53.1 Å². The number of aryl methyl sites for hydroxylation is 2. The lowest BCUT2D eigenvalue weighted by molar-refractivity contribution is -0.137. The van der Waals surface area contributed by atoms with Gasteiger partial charge in [-0.1, -0.05) is 31.2 Å². The number of carboxylic acids is 1. The average Bonchev–Trinajstić information content (AvgIpc) is 2.82. The third-order valence-electron chi connectivity index (χ3n) is 3.27. The predicted octanol–water partition coefficient (Wildman–Crippen LogP) is 2.89. The van der Waals surface area contributed by atoms with Crippen molar-refractivity contribution in [2.24, 2.45) is 0 Å². The van der Waals surface area contributed by atoms with Crippen LogP contribution in [0.2, 0.25) is 0 Å². The molecule has 4 heteroatoms. The van der Waals surface area contributed by atoms with E-state index in [2.05, 4.69) is 16.9 Å². The molecule has 4 nitrogen and oxygen atoms in total. The summed E-state index contributed by atoms with van der Waals surface area (Å²) >= 11 is 0. The van der Waals surface area contributed by atoms with Crippen molar-refractivity contribution in [2.75, 3.05) is 0 Å². The second-order valence-electron chi connectivity index (χ2n) is 4.67. The van der Waals surface area contributed by atoms with Crippen LogP contribution in [0.25, 0.3) is 0 Å². The number of H-pyrrole nitrogens is 1. The second kappa shape index (κ2) is 5.69. The Morgan fingerprint density at radius 2 is 2.05 bits per heavy atom. The monoisotopic (exact) mass is 258 g/mol. The minimum absolute atomic E-state index is 0.0626. The fraction of sp³-hybridized carbons (Fsp3) is 0.333. The molecule has 2 N–H and O–H groups in total. The Balaban J connectivity index is 2.33. The Morgan fingerprint density at radius 1 is 1.37 bits per heavy atom. The number of aliphatic carboxylic acids is 1. The molecule has 19 heavy (non-hydrogen) atoms. The molecule has 0 aliphatic rings. The van der Waals surface area contributed by atoms with Gasteiger partial charge in [-0.25, -0.2) is 4.98 Å². The first-order chi connectivity index (χ1) is 9.10. The fourth-order valence-electron chi connectivity index (χ4n) is 2.18. The second-order valence-corrected chi connectivity index (χ2v) is 4.67. The molecule has 0 spiro atoms. The largest absolute Gasteiger partial charge is 0.481 e. The van der Waals surface area contributed by atoms with Crippen LogP contribution in [0.4, 0.5) is 0 Å². The van der Waals surface area contributed by atoms with E-state index < -0.39 is 5.97 Å². The van der Waals surface area contributed by atoms with Gasteiger partial charge in [0.05, 0.1) is 6.42 Å². The molecule has 0 fully saturated rings. The van der Waals surface area contributed by atoms with Gasteiger partial charge < -0.3 is 10.1 Å². The maximum atomic E-state index is 11.1. The van der Waals surface area contributed by atoms with Gasteiger partial charge in [0.25, 0.3) is 0 Å². The summed E-state index contributed by atoms with van der Waals surface area (Å²) in [6.07, 6.45) is 2.76. The number of hydrogen-bond acceptors (Lipinski definition) is 2. The van der Waals surface area contributed by atoms with Crippen LogP contribution >= 0.6 is 0 Å². The van der Waals surface area contributed by atoms with Crippen molar-refractivity contribution >= 4 is 5.97 Å². The highest BCUT2D eigenvalue weighted by atomic mass is 16.4. The fourth-order valence-corrected chi connectivity index (χ4v) is 2.18. The van der Waals surface area contributed by atoms with Crippen LogP contribution in [0.1, 0.15) is 41.9 Å². The zero-order chi connectivity index (χ0) is 13.8. The molecule has 0 aliphatic carbocycles. The van der Waals surface area contributed by atoms with Crippen LogP contribution in [0.5, 0.6) is 0 Å². The summed E-state index contributed by atoms with van der Waals surface area (Å²) in [6.45, 7) is 3.96. The summed E-state index contributed by atoms with van der Waals surface area (Å²) in [5.41, 5.74) is 3.10. The summed E-state index contributed by atoms with van der Waals surface area (Å²) in [7, 11) is 0. The highest BCUT2D eigenvalue weighted by Gasteiger charge is 2.19. The molecule has 0 radical (unpaired) electrons. The molecule has 0 saturated carbocycles. The van der Waals surface area contributed by atoms with E-state index in [0.717, 1.165) is 23.5 Å². The Hall–Kier alpha value is -2.10. The van der Waals surface area contributed by atoms with Gasteiger partial charge in [0.15, 0.2) is 0 Å². The number of benzene rings is 1. The first-order valence-corrected chi connectivity index (χ1v) is 6.42. The Kier molecular flexibility index (Phi) is 4.00. The topological polar surface area (TPSA) is 66.0 Å². The molecule has 0 saturated heterocycles. The number of carboxylic acid groups (broad SMARTS) is 1. The lowest BCUT2D eigenvalue weighted by atomic mass is 9.92. The van der Waals surface area contributed by atoms with E-state index in [4.69, 9.17) is 5.11 Å². The van der Waals surface area contributed by atoms with Crippen LogP contribution in [0, 0.1) is 6.92 Å². The highest BCUT2D eigenvalue weighted by molar-refractivity contribution is 5.68. The standard InChI is InChI=1S/C15H18N2O2/c1-3-11-4-6-12(7-5-11)13(8-15(18)19)14-9-16-10(2)17-14/h4-7,9,13H,3,8H2,1-2H3,(H,16,17)(H,18,19). The van der Waals surface area contributed by atoms with E-state index in [1.807, 2.05) is 31.2 Å². The average molecular weight is 258 g/mol. The van der Waals surface area contributed by atoms with Crippen LogP contribution in [0.15, 0.2) is 30.5 Å². The predicted molar refractivity (Wildman–Crippen MR) is 73.2 cm³/mol. The van der Waals surface area contributed by atoms with E-state index in [1.165, 1.54) is 5.56 Å². The van der Waals surface area contributed by atoms with Gasteiger partial charge in [-0.2, -0.15) is 0 Å². The number of hydrogen-bond donors (Lipinski definition) is 2. The highest BCUT2D eigenvalue weighted by Crippen LogP contribution is 2.27. The minimum atomic E-state index is -0.808. The van der Waals surface area contributed by atoms with Crippen molar-refractivity contribution < 1.29 is 9.90 Å². The van der Waals surface area contributed by atoms with Crippen LogP contribution in [-0.2, 0) is 11.2 Å². The number of aromatic nitrogens is 2. The molecule has 0 bridgehead atoms. The molecule has 1 aromatic heterocycles. The lowest BCUT2D eigenvalue weighted by Crippen LogP contribution is -2.08. The molecule has 1 atom stereocenters. The maximum absolute atomic E-state index is 11.1. The lowest BCUT2D eigenvalue weighted by Gasteiger charge is -2.14. The molecule has 2 rings (SSSR count). The van der Waals surface area contributed by atoms with Crippen LogP contribution in [-0.4, -0.2) is 21.0 Å². The Morgan fingerprint density at radius 3 is 2.53 bits per heavy atom.